The van der Waals surface area contributed by atoms with Gasteiger partial charge >= 0.3 is 0 Å². The summed E-state index contributed by atoms with van der Waals surface area (Å²) in [5.74, 6) is 0.500. The number of amides is 1. The van der Waals surface area contributed by atoms with Crippen LogP contribution in [0.5, 0.6) is 5.75 Å². The van der Waals surface area contributed by atoms with Gasteiger partial charge in [-0.3, -0.25) is 9.52 Å². The van der Waals surface area contributed by atoms with Crippen LogP contribution in [0.15, 0.2) is 48.5 Å². The van der Waals surface area contributed by atoms with Crippen LogP contribution in [0.1, 0.15) is 30.6 Å². The summed E-state index contributed by atoms with van der Waals surface area (Å²) in [6, 6.07) is 13.5. The molecule has 1 amide bonds. The van der Waals surface area contributed by atoms with Crippen LogP contribution >= 0.6 is 0 Å². The molecule has 2 aromatic carbocycles. The maximum absolute atomic E-state index is 12.6. The van der Waals surface area contributed by atoms with E-state index in [0.29, 0.717) is 17.9 Å². The van der Waals surface area contributed by atoms with E-state index < -0.39 is 15.9 Å². The molecule has 0 atom stereocenters. The van der Waals surface area contributed by atoms with Crippen molar-refractivity contribution in [1.29, 1.82) is 0 Å². The zero-order valence-electron chi connectivity index (χ0n) is 15.2. The molecule has 0 aliphatic heterocycles. The largest absolute Gasteiger partial charge is 0.497 e. The Kier molecular flexibility index (Phi) is 6.63. The molecule has 6 nitrogen and oxygen atoms in total. The highest BCUT2D eigenvalue weighted by Gasteiger charge is 2.17. The smallest absolute Gasteiger partial charge is 0.257 e. The number of nitrogens with one attached hydrogen (secondary N) is 2. The van der Waals surface area contributed by atoms with E-state index >= 15 is 0 Å². The maximum atomic E-state index is 12.6. The fourth-order valence-electron chi connectivity index (χ4n) is 2.28. The molecule has 0 heterocycles. The topological polar surface area (TPSA) is 84.5 Å². The van der Waals surface area contributed by atoms with Crippen LogP contribution in [0.2, 0.25) is 0 Å². The lowest BCUT2D eigenvalue weighted by atomic mass is 10.1. The lowest BCUT2D eigenvalue weighted by Crippen LogP contribution is -2.21. The van der Waals surface area contributed by atoms with Crippen molar-refractivity contribution in [3.05, 3.63) is 54.1 Å². The van der Waals surface area contributed by atoms with Gasteiger partial charge in [-0.05, 0) is 36.6 Å². The Bertz CT molecular complexity index is 863. The number of rotatable bonds is 8. The van der Waals surface area contributed by atoms with Crippen LogP contribution in [0.4, 0.5) is 11.4 Å². The normalized spacial score (nSPS) is 11.2. The van der Waals surface area contributed by atoms with Crippen molar-refractivity contribution in [2.45, 2.75) is 20.3 Å². The van der Waals surface area contributed by atoms with Gasteiger partial charge in [0.1, 0.15) is 5.75 Å². The molecule has 26 heavy (non-hydrogen) atoms. The van der Waals surface area contributed by atoms with E-state index in [0.717, 1.165) is 0 Å². The Hall–Kier alpha value is -2.54. The molecule has 0 saturated heterocycles. The highest BCUT2D eigenvalue weighted by molar-refractivity contribution is 7.92. The van der Waals surface area contributed by atoms with Crippen LogP contribution < -0.4 is 14.8 Å². The third-order valence-corrected chi connectivity index (χ3v) is 5.03. The van der Waals surface area contributed by atoms with E-state index in [1.165, 1.54) is 0 Å². The van der Waals surface area contributed by atoms with E-state index in [4.69, 9.17) is 4.74 Å². The minimum Gasteiger partial charge on any atom is -0.497 e. The second kappa shape index (κ2) is 8.71. The maximum Gasteiger partial charge on any atom is 0.257 e. The summed E-state index contributed by atoms with van der Waals surface area (Å²) in [5.41, 5.74) is 1.08. The van der Waals surface area contributed by atoms with Crippen LogP contribution in [0, 0.1) is 5.92 Å². The summed E-state index contributed by atoms with van der Waals surface area (Å²) in [7, 11) is -1.98. The highest BCUT2D eigenvalue weighted by atomic mass is 32.2. The third kappa shape index (κ3) is 5.77. The molecule has 7 heteroatoms. The molecule has 0 aliphatic rings. The summed E-state index contributed by atoms with van der Waals surface area (Å²) in [4.78, 5) is 12.6. The molecule has 0 unspecified atom stereocenters. The Morgan fingerprint density at radius 1 is 1.12 bits per heavy atom. The molecular weight excluding hydrogens is 352 g/mol. The molecule has 0 fully saturated rings. The SMILES string of the molecule is COc1cccc(NC(=O)c2ccccc2NS(=O)(=O)CCC(C)C)c1. The molecule has 2 aromatic rings. The number of carbonyl (C=O) groups is 1. The number of hydrogen-bond acceptors (Lipinski definition) is 4. The molecular formula is C19H24N2O4S. The second-order valence-electron chi connectivity index (χ2n) is 6.34. The fourth-order valence-corrected chi connectivity index (χ4v) is 3.68. The van der Waals surface area contributed by atoms with E-state index in [1.54, 1.807) is 55.6 Å². The van der Waals surface area contributed by atoms with Crippen molar-refractivity contribution in [3.63, 3.8) is 0 Å². The fraction of sp³-hybridized carbons (Fsp3) is 0.316. The number of para-hydroxylation sites is 1. The molecule has 140 valence electrons. The summed E-state index contributed by atoms with van der Waals surface area (Å²) < 4.78 is 32.2. The van der Waals surface area contributed by atoms with E-state index in [-0.39, 0.29) is 22.9 Å². The van der Waals surface area contributed by atoms with Crippen molar-refractivity contribution in [3.8, 4) is 5.75 Å². The van der Waals surface area contributed by atoms with Crippen LogP contribution in [0.3, 0.4) is 0 Å². The van der Waals surface area contributed by atoms with Gasteiger partial charge in [-0.2, -0.15) is 0 Å². The average molecular weight is 376 g/mol. The van der Waals surface area contributed by atoms with E-state index in [9.17, 15) is 13.2 Å². The van der Waals surface area contributed by atoms with Crippen LogP contribution in [-0.2, 0) is 10.0 Å². The molecule has 0 saturated carbocycles. The Morgan fingerprint density at radius 2 is 1.85 bits per heavy atom. The van der Waals surface area contributed by atoms with Gasteiger partial charge in [0.2, 0.25) is 10.0 Å². The molecule has 0 bridgehead atoms. The lowest BCUT2D eigenvalue weighted by Gasteiger charge is -2.13. The average Bonchev–Trinajstić information content (AvgIpc) is 2.60. The first-order valence-corrected chi connectivity index (χ1v) is 10.0. The number of sulfonamides is 1. The van der Waals surface area contributed by atoms with Crippen molar-refractivity contribution >= 4 is 27.3 Å². The molecule has 0 spiro atoms. The molecule has 0 aromatic heterocycles. The Labute approximate surface area is 154 Å². The van der Waals surface area contributed by atoms with Crippen molar-refractivity contribution in [2.24, 2.45) is 5.92 Å². The number of ether oxygens (including phenoxy) is 1. The van der Waals surface area contributed by atoms with Gasteiger partial charge < -0.3 is 10.1 Å². The molecule has 2 rings (SSSR count). The number of hydrogen-bond donors (Lipinski definition) is 2. The zero-order valence-corrected chi connectivity index (χ0v) is 16.0. The van der Waals surface area contributed by atoms with E-state index in [1.807, 2.05) is 13.8 Å². The van der Waals surface area contributed by atoms with Gasteiger partial charge in [-0.15, -0.1) is 0 Å². The summed E-state index contributed by atoms with van der Waals surface area (Å²) in [5, 5.41) is 2.76. The van der Waals surface area contributed by atoms with Crippen molar-refractivity contribution in [2.75, 3.05) is 22.9 Å². The quantitative estimate of drug-likeness (QED) is 0.735. The van der Waals surface area contributed by atoms with Crippen molar-refractivity contribution < 1.29 is 17.9 Å². The predicted octanol–water partition coefficient (Wildman–Crippen LogP) is 3.74. The van der Waals surface area contributed by atoms with Gasteiger partial charge in [-0.1, -0.05) is 32.0 Å². The van der Waals surface area contributed by atoms with Gasteiger partial charge in [0.05, 0.1) is 24.1 Å². The minimum absolute atomic E-state index is 0.0104. The van der Waals surface area contributed by atoms with E-state index in [2.05, 4.69) is 10.0 Å². The van der Waals surface area contributed by atoms with Gasteiger partial charge in [0.15, 0.2) is 0 Å². The Balaban J connectivity index is 2.18. The number of carbonyl (C=O) groups excluding carboxylic acids is 1. The van der Waals surface area contributed by atoms with Crippen LogP contribution in [-0.4, -0.2) is 27.2 Å². The van der Waals surface area contributed by atoms with Crippen LogP contribution in [0.25, 0.3) is 0 Å². The lowest BCUT2D eigenvalue weighted by molar-refractivity contribution is 0.102. The number of anilines is 2. The zero-order chi connectivity index (χ0) is 19.2. The summed E-state index contributed by atoms with van der Waals surface area (Å²) in [6.07, 6.45) is 0.549. The monoisotopic (exact) mass is 376 g/mol. The van der Waals surface area contributed by atoms with Gasteiger partial charge in [0.25, 0.3) is 5.91 Å². The molecule has 2 N–H and O–H groups in total. The first-order valence-electron chi connectivity index (χ1n) is 8.35. The molecule has 0 aliphatic carbocycles. The molecule has 0 radical (unpaired) electrons. The predicted molar refractivity (Wildman–Crippen MR) is 104 cm³/mol. The summed E-state index contributed by atoms with van der Waals surface area (Å²) in [6.45, 7) is 3.93. The Morgan fingerprint density at radius 3 is 2.54 bits per heavy atom. The number of benzene rings is 2. The standard InChI is InChI=1S/C19H24N2O4S/c1-14(2)11-12-26(23,24)21-18-10-5-4-9-17(18)19(22)20-15-7-6-8-16(13-15)25-3/h4-10,13-14,21H,11-12H2,1-3H3,(H,20,22). The van der Waals surface area contributed by atoms with Gasteiger partial charge in [0, 0.05) is 11.8 Å². The highest BCUT2D eigenvalue weighted by Crippen LogP contribution is 2.21. The van der Waals surface area contributed by atoms with Gasteiger partial charge in [-0.25, -0.2) is 8.42 Å². The second-order valence-corrected chi connectivity index (χ2v) is 8.18. The first kappa shape index (κ1) is 19.8. The minimum atomic E-state index is -3.52. The third-order valence-electron chi connectivity index (χ3n) is 3.73. The van der Waals surface area contributed by atoms with Crippen molar-refractivity contribution in [1.82, 2.24) is 0 Å². The first-order chi connectivity index (χ1) is 12.3. The summed E-state index contributed by atoms with van der Waals surface area (Å²) >= 11 is 0. The number of methoxy groups -OCH3 is 1.